The molecule has 0 unspecified atom stereocenters. The number of likely N-dealkylation sites (tertiary alicyclic amines) is 1. The fourth-order valence-electron chi connectivity index (χ4n) is 2.02. The Morgan fingerprint density at radius 2 is 2.17 bits per heavy atom. The van der Waals surface area contributed by atoms with E-state index in [1.165, 1.54) is 0 Å². The van der Waals surface area contributed by atoms with Gasteiger partial charge < -0.3 is 15.3 Å². The molecule has 1 fully saturated rings. The number of nitrogens with one attached hydrogen (secondary N) is 1. The summed E-state index contributed by atoms with van der Waals surface area (Å²) in [5.41, 5.74) is 0.134. The Balaban J connectivity index is 2.49. The van der Waals surface area contributed by atoms with Gasteiger partial charge in [0.05, 0.1) is 0 Å². The van der Waals surface area contributed by atoms with Crippen molar-refractivity contribution < 1.29 is 14.7 Å². The van der Waals surface area contributed by atoms with Gasteiger partial charge in [-0.3, -0.25) is 0 Å². The van der Waals surface area contributed by atoms with Crippen molar-refractivity contribution in [3.8, 4) is 0 Å². The standard InChI is InChI=1S/C12H22N2O3S/c1-12(2)5-6-14(8-12)11(17)13-9(10(15)16)4-7-18-3/h9H,4-8H2,1-3H3,(H,13,17)(H,15,16)/t9-/m1/s1. The monoisotopic (exact) mass is 274 g/mol. The summed E-state index contributed by atoms with van der Waals surface area (Å²) in [7, 11) is 0. The maximum atomic E-state index is 12.0. The van der Waals surface area contributed by atoms with Crippen LogP contribution >= 0.6 is 11.8 Å². The summed E-state index contributed by atoms with van der Waals surface area (Å²) in [6, 6.07) is -1.04. The first-order valence-corrected chi connectivity index (χ1v) is 7.52. The second kappa shape index (κ2) is 6.31. The molecule has 104 valence electrons. The van der Waals surface area contributed by atoms with Crippen molar-refractivity contribution in [2.75, 3.05) is 25.1 Å². The van der Waals surface area contributed by atoms with Crippen LogP contribution in [-0.2, 0) is 4.79 Å². The number of carboxylic acids is 1. The molecule has 1 aliphatic rings. The molecule has 2 N–H and O–H groups in total. The Morgan fingerprint density at radius 3 is 2.61 bits per heavy atom. The molecule has 0 radical (unpaired) electrons. The molecule has 6 heteroatoms. The maximum absolute atomic E-state index is 12.0. The molecule has 0 aliphatic carbocycles. The third-order valence-corrected chi connectivity index (χ3v) is 3.82. The van der Waals surface area contributed by atoms with Crippen molar-refractivity contribution in [1.82, 2.24) is 10.2 Å². The summed E-state index contributed by atoms with van der Waals surface area (Å²) in [6.45, 7) is 5.62. The van der Waals surface area contributed by atoms with E-state index < -0.39 is 12.0 Å². The van der Waals surface area contributed by atoms with E-state index in [9.17, 15) is 9.59 Å². The van der Waals surface area contributed by atoms with Crippen molar-refractivity contribution >= 4 is 23.8 Å². The van der Waals surface area contributed by atoms with Gasteiger partial charge in [-0.2, -0.15) is 11.8 Å². The topological polar surface area (TPSA) is 69.6 Å². The molecule has 5 nitrogen and oxygen atoms in total. The molecule has 0 spiro atoms. The van der Waals surface area contributed by atoms with Gasteiger partial charge in [0.15, 0.2) is 0 Å². The molecule has 0 saturated carbocycles. The van der Waals surface area contributed by atoms with E-state index >= 15 is 0 Å². The molecule has 18 heavy (non-hydrogen) atoms. The van der Waals surface area contributed by atoms with Crippen LogP contribution in [0.25, 0.3) is 0 Å². The van der Waals surface area contributed by atoms with Gasteiger partial charge in [0, 0.05) is 13.1 Å². The lowest BCUT2D eigenvalue weighted by Crippen LogP contribution is -2.47. The number of urea groups is 1. The van der Waals surface area contributed by atoms with Gasteiger partial charge in [-0.05, 0) is 30.3 Å². The van der Waals surface area contributed by atoms with Gasteiger partial charge in [0.2, 0.25) is 0 Å². The second-order valence-electron chi connectivity index (χ2n) is 5.46. The molecule has 1 heterocycles. The molecule has 0 aromatic heterocycles. The minimum atomic E-state index is -0.962. The first-order chi connectivity index (χ1) is 8.35. The highest BCUT2D eigenvalue weighted by Crippen LogP contribution is 2.28. The van der Waals surface area contributed by atoms with E-state index in [1.54, 1.807) is 16.7 Å². The SMILES string of the molecule is CSCC[C@@H](NC(=O)N1CCC(C)(C)C1)C(=O)O. The summed E-state index contributed by atoms with van der Waals surface area (Å²) in [5, 5.41) is 11.7. The minimum absolute atomic E-state index is 0.134. The van der Waals surface area contributed by atoms with E-state index in [1.807, 2.05) is 6.26 Å². The Hall–Kier alpha value is -0.910. The highest BCUT2D eigenvalue weighted by molar-refractivity contribution is 7.98. The van der Waals surface area contributed by atoms with Crippen molar-refractivity contribution in [1.29, 1.82) is 0 Å². The smallest absolute Gasteiger partial charge is 0.326 e. The lowest BCUT2D eigenvalue weighted by Gasteiger charge is -2.22. The van der Waals surface area contributed by atoms with Gasteiger partial charge in [-0.25, -0.2) is 9.59 Å². The third-order valence-electron chi connectivity index (χ3n) is 3.17. The molecule has 0 aromatic carbocycles. The first kappa shape index (κ1) is 15.1. The number of carbonyl (C=O) groups is 2. The Bertz CT molecular complexity index is 320. The quantitative estimate of drug-likeness (QED) is 0.799. The van der Waals surface area contributed by atoms with Crippen molar-refractivity contribution in [3.05, 3.63) is 0 Å². The fourth-order valence-corrected chi connectivity index (χ4v) is 2.49. The molecule has 2 amide bonds. The molecule has 1 rings (SSSR count). The van der Waals surface area contributed by atoms with Crippen LogP contribution in [0.5, 0.6) is 0 Å². The number of amides is 2. The summed E-state index contributed by atoms with van der Waals surface area (Å²) in [4.78, 5) is 24.7. The molecule has 0 bridgehead atoms. The number of carboxylic acid groups (broad SMARTS) is 1. The van der Waals surface area contributed by atoms with Gasteiger partial charge >= 0.3 is 12.0 Å². The average Bonchev–Trinajstić information content (AvgIpc) is 2.64. The summed E-state index contributed by atoms with van der Waals surface area (Å²) in [6.07, 6.45) is 3.34. The highest BCUT2D eigenvalue weighted by Gasteiger charge is 2.33. The zero-order valence-corrected chi connectivity index (χ0v) is 12.0. The van der Waals surface area contributed by atoms with Crippen LogP contribution in [0.2, 0.25) is 0 Å². The number of thioether (sulfide) groups is 1. The second-order valence-corrected chi connectivity index (χ2v) is 6.44. The zero-order chi connectivity index (χ0) is 13.8. The van der Waals surface area contributed by atoms with Crippen molar-refractivity contribution in [3.63, 3.8) is 0 Å². The minimum Gasteiger partial charge on any atom is -0.480 e. The van der Waals surface area contributed by atoms with E-state index in [4.69, 9.17) is 5.11 Å². The van der Waals surface area contributed by atoms with Crippen LogP contribution in [0, 0.1) is 5.41 Å². The largest absolute Gasteiger partial charge is 0.480 e. The fraction of sp³-hybridized carbons (Fsp3) is 0.833. The predicted octanol–water partition coefficient (Wildman–Crippen LogP) is 1.63. The van der Waals surface area contributed by atoms with Crippen LogP contribution in [0.15, 0.2) is 0 Å². The zero-order valence-electron chi connectivity index (χ0n) is 11.2. The lowest BCUT2D eigenvalue weighted by molar-refractivity contribution is -0.139. The van der Waals surface area contributed by atoms with Crippen LogP contribution in [0.3, 0.4) is 0 Å². The predicted molar refractivity (Wildman–Crippen MR) is 72.9 cm³/mol. The van der Waals surface area contributed by atoms with E-state index in [-0.39, 0.29) is 11.4 Å². The highest BCUT2D eigenvalue weighted by atomic mass is 32.2. The molecule has 1 atom stereocenters. The number of rotatable bonds is 5. The Kier molecular flexibility index (Phi) is 5.31. The summed E-state index contributed by atoms with van der Waals surface area (Å²) >= 11 is 1.58. The van der Waals surface area contributed by atoms with Gasteiger partial charge in [-0.15, -0.1) is 0 Å². The summed E-state index contributed by atoms with van der Waals surface area (Å²) < 4.78 is 0. The molecule has 1 saturated heterocycles. The maximum Gasteiger partial charge on any atom is 0.326 e. The van der Waals surface area contributed by atoms with Crippen LogP contribution < -0.4 is 5.32 Å². The first-order valence-electron chi connectivity index (χ1n) is 6.13. The number of nitrogens with zero attached hydrogens (tertiary/aromatic N) is 1. The normalized spacial score (nSPS) is 19.6. The number of hydrogen-bond acceptors (Lipinski definition) is 3. The van der Waals surface area contributed by atoms with Crippen LogP contribution in [0.1, 0.15) is 26.7 Å². The molecule has 0 aromatic rings. The lowest BCUT2D eigenvalue weighted by atomic mass is 9.93. The molecular formula is C12H22N2O3S. The van der Waals surface area contributed by atoms with E-state index in [0.29, 0.717) is 19.5 Å². The Labute approximate surface area is 112 Å². The van der Waals surface area contributed by atoms with Crippen molar-refractivity contribution in [2.45, 2.75) is 32.7 Å². The molecule has 1 aliphatic heterocycles. The third kappa shape index (κ3) is 4.40. The number of carbonyl (C=O) groups excluding carboxylic acids is 1. The van der Waals surface area contributed by atoms with Crippen LogP contribution in [-0.4, -0.2) is 53.1 Å². The van der Waals surface area contributed by atoms with Gasteiger partial charge in [-0.1, -0.05) is 13.8 Å². The van der Waals surface area contributed by atoms with Gasteiger partial charge in [0.25, 0.3) is 0 Å². The summed E-state index contributed by atoms with van der Waals surface area (Å²) in [5.74, 6) is -0.237. The van der Waals surface area contributed by atoms with E-state index in [0.717, 1.165) is 12.2 Å². The molecular weight excluding hydrogens is 252 g/mol. The average molecular weight is 274 g/mol. The van der Waals surface area contributed by atoms with E-state index in [2.05, 4.69) is 19.2 Å². The number of hydrogen-bond donors (Lipinski definition) is 2. The Morgan fingerprint density at radius 1 is 1.50 bits per heavy atom. The van der Waals surface area contributed by atoms with Gasteiger partial charge in [0.1, 0.15) is 6.04 Å². The van der Waals surface area contributed by atoms with Crippen LogP contribution in [0.4, 0.5) is 4.79 Å². The number of aliphatic carboxylic acids is 1. The van der Waals surface area contributed by atoms with Crippen molar-refractivity contribution in [2.24, 2.45) is 5.41 Å².